The highest BCUT2D eigenvalue weighted by Crippen LogP contribution is 2.28. The van der Waals surface area contributed by atoms with Crippen LogP contribution in [0.3, 0.4) is 0 Å². The van der Waals surface area contributed by atoms with Crippen molar-refractivity contribution in [2.45, 2.75) is 25.7 Å². The van der Waals surface area contributed by atoms with Crippen LogP contribution in [0.25, 0.3) is 0 Å². The molecule has 0 aliphatic rings. The van der Waals surface area contributed by atoms with Gasteiger partial charge in [0.15, 0.2) is 0 Å². The summed E-state index contributed by atoms with van der Waals surface area (Å²) in [6, 6.07) is 7.01. The molecule has 0 radical (unpaired) electrons. The summed E-state index contributed by atoms with van der Waals surface area (Å²) >= 11 is 0. The lowest BCUT2D eigenvalue weighted by Crippen LogP contribution is -2.44. The predicted molar refractivity (Wildman–Crippen MR) is 78.5 cm³/mol. The largest absolute Gasteiger partial charge is 0.481 e. The van der Waals surface area contributed by atoms with Gasteiger partial charge in [-0.25, -0.2) is 8.42 Å². The molecule has 0 fully saturated rings. The Balaban J connectivity index is 3.16. The van der Waals surface area contributed by atoms with Crippen molar-refractivity contribution in [2.24, 2.45) is 5.73 Å². The van der Waals surface area contributed by atoms with E-state index >= 15 is 0 Å². The Morgan fingerprint density at radius 3 is 2.25 bits per heavy atom. The Hall–Kier alpha value is -1.40. The number of sulfone groups is 1. The SMILES string of the molecule is CCS(=O)(=O)CCC(CN)(C(=O)O)c1ccc(C)cc1. The molecule has 1 unspecified atom stereocenters. The number of hydrogen-bond acceptors (Lipinski definition) is 4. The van der Waals surface area contributed by atoms with Crippen molar-refractivity contribution in [3.8, 4) is 0 Å². The van der Waals surface area contributed by atoms with E-state index in [-0.39, 0.29) is 24.5 Å². The molecular weight excluding hydrogens is 278 g/mol. The van der Waals surface area contributed by atoms with Crippen LogP contribution in [0.1, 0.15) is 24.5 Å². The van der Waals surface area contributed by atoms with Crippen LogP contribution in [0.4, 0.5) is 0 Å². The van der Waals surface area contributed by atoms with Crippen molar-refractivity contribution >= 4 is 15.8 Å². The van der Waals surface area contributed by atoms with Crippen LogP contribution < -0.4 is 5.73 Å². The Labute approximate surface area is 119 Å². The van der Waals surface area contributed by atoms with E-state index in [1.54, 1.807) is 31.2 Å². The van der Waals surface area contributed by atoms with Crippen LogP contribution in [0.5, 0.6) is 0 Å². The second-order valence-corrected chi connectivity index (χ2v) is 7.42. The zero-order valence-electron chi connectivity index (χ0n) is 11.8. The fraction of sp³-hybridized carbons (Fsp3) is 0.500. The third-order valence-electron chi connectivity index (χ3n) is 3.64. The van der Waals surface area contributed by atoms with Crippen molar-refractivity contribution in [2.75, 3.05) is 18.1 Å². The number of hydrogen-bond donors (Lipinski definition) is 2. The number of nitrogens with two attached hydrogens (primary N) is 1. The summed E-state index contributed by atoms with van der Waals surface area (Å²) in [7, 11) is -3.23. The van der Waals surface area contributed by atoms with E-state index in [0.29, 0.717) is 5.56 Å². The summed E-state index contributed by atoms with van der Waals surface area (Å²) < 4.78 is 23.3. The van der Waals surface area contributed by atoms with Gasteiger partial charge >= 0.3 is 5.97 Å². The van der Waals surface area contributed by atoms with E-state index in [2.05, 4.69) is 0 Å². The number of aryl methyl sites for hydroxylation is 1. The maximum absolute atomic E-state index is 11.7. The number of aliphatic carboxylic acids is 1. The molecule has 112 valence electrons. The fourth-order valence-corrected chi connectivity index (χ4v) is 2.98. The Morgan fingerprint density at radius 2 is 1.85 bits per heavy atom. The van der Waals surface area contributed by atoms with Gasteiger partial charge in [0.25, 0.3) is 0 Å². The van der Waals surface area contributed by atoms with Gasteiger partial charge in [-0.15, -0.1) is 0 Å². The maximum atomic E-state index is 11.7. The fourth-order valence-electron chi connectivity index (χ4n) is 2.03. The topological polar surface area (TPSA) is 97.5 Å². The summed E-state index contributed by atoms with van der Waals surface area (Å²) in [5, 5.41) is 9.54. The monoisotopic (exact) mass is 299 g/mol. The van der Waals surface area contributed by atoms with Gasteiger partial charge in [-0.3, -0.25) is 4.79 Å². The first-order chi connectivity index (χ1) is 9.27. The normalized spacial score (nSPS) is 14.8. The molecule has 0 saturated heterocycles. The minimum Gasteiger partial charge on any atom is -0.481 e. The summed E-state index contributed by atoms with van der Waals surface area (Å²) in [5.74, 6) is -1.27. The quantitative estimate of drug-likeness (QED) is 0.785. The van der Waals surface area contributed by atoms with Crippen LogP contribution in [0.2, 0.25) is 0 Å². The molecule has 0 amide bonds. The average molecular weight is 299 g/mol. The lowest BCUT2D eigenvalue weighted by Gasteiger charge is -2.28. The lowest BCUT2D eigenvalue weighted by atomic mass is 9.78. The van der Waals surface area contributed by atoms with Gasteiger partial charge in [0.2, 0.25) is 0 Å². The molecule has 1 aromatic carbocycles. The molecule has 0 saturated carbocycles. The van der Waals surface area contributed by atoms with E-state index in [1.165, 1.54) is 0 Å². The van der Waals surface area contributed by atoms with Gasteiger partial charge in [0, 0.05) is 12.3 Å². The van der Waals surface area contributed by atoms with Gasteiger partial charge in [-0.1, -0.05) is 36.8 Å². The van der Waals surface area contributed by atoms with E-state index in [0.717, 1.165) is 5.56 Å². The summed E-state index contributed by atoms with van der Waals surface area (Å²) in [6.07, 6.45) is -0.0158. The molecule has 0 aromatic heterocycles. The first-order valence-corrected chi connectivity index (χ1v) is 8.30. The highest BCUT2D eigenvalue weighted by molar-refractivity contribution is 7.91. The predicted octanol–water partition coefficient (Wildman–Crippen LogP) is 1.10. The standard InChI is InChI=1S/C14H21NO4S/c1-3-20(18,19)9-8-14(10-15,13(16)17)12-6-4-11(2)5-7-12/h4-7H,3,8-10,15H2,1-2H3,(H,16,17). The molecule has 1 atom stereocenters. The van der Waals surface area contributed by atoms with Crippen molar-refractivity contribution in [3.63, 3.8) is 0 Å². The highest BCUT2D eigenvalue weighted by atomic mass is 32.2. The van der Waals surface area contributed by atoms with Crippen molar-refractivity contribution in [3.05, 3.63) is 35.4 Å². The van der Waals surface area contributed by atoms with Crippen molar-refractivity contribution < 1.29 is 18.3 Å². The van der Waals surface area contributed by atoms with Crippen LogP contribution in [0.15, 0.2) is 24.3 Å². The molecule has 1 aromatic rings. The molecule has 0 heterocycles. The van der Waals surface area contributed by atoms with E-state index < -0.39 is 21.2 Å². The summed E-state index contributed by atoms with van der Waals surface area (Å²) in [4.78, 5) is 11.7. The third kappa shape index (κ3) is 3.58. The number of benzene rings is 1. The van der Waals surface area contributed by atoms with Crippen molar-refractivity contribution in [1.82, 2.24) is 0 Å². The second-order valence-electron chi connectivity index (χ2n) is 4.94. The van der Waals surface area contributed by atoms with E-state index in [4.69, 9.17) is 5.73 Å². The number of carbonyl (C=O) groups is 1. The van der Waals surface area contributed by atoms with Gasteiger partial charge in [0.05, 0.1) is 5.75 Å². The average Bonchev–Trinajstić information content (AvgIpc) is 2.41. The molecule has 6 heteroatoms. The van der Waals surface area contributed by atoms with Gasteiger partial charge in [-0.05, 0) is 18.9 Å². The van der Waals surface area contributed by atoms with Gasteiger partial charge in [-0.2, -0.15) is 0 Å². The van der Waals surface area contributed by atoms with Crippen LogP contribution in [-0.2, 0) is 20.0 Å². The van der Waals surface area contributed by atoms with E-state index in [9.17, 15) is 18.3 Å². The molecular formula is C14H21NO4S. The first-order valence-electron chi connectivity index (χ1n) is 6.48. The molecule has 0 spiro atoms. The van der Waals surface area contributed by atoms with Crippen LogP contribution >= 0.6 is 0 Å². The Kier molecular flexibility index (Phi) is 5.30. The summed E-state index contributed by atoms with van der Waals surface area (Å²) in [5.41, 5.74) is 5.87. The second kappa shape index (κ2) is 6.37. The molecule has 0 bridgehead atoms. The number of carboxylic acids is 1. The van der Waals surface area contributed by atoms with Gasteiger partial charge < -0.3 is 10.8 Å². The number of rotatable bonds is 7. The molecule has 0 aliphatic carbocycles. The van der Waals surface area contributed by atoms with Crippen molar-refractivity contribution in [1.29, 1.82) is 0 Å². The maximum Gasteiger partial charge on any atom is 0.315 e. The molecule has 20 heavy (non-hydrogen) atoms. The van der Waals surface area contributed by atoms with Crippen LogP contribution in [0, 0.1) is 6.92 Å². The Morgan fingerprint density at radius 1 is 1.30 bits per heavy atom. The van der Waals surface area contributed by atoms with Crippen LogP contribution in [-0.4, -0.2) is 37.5 Å². The van der Waals surface area contributed by atoms with Gasteiger partial charge in [0.1, 0.15) is 15.3 Å². The number of carboxylic acid groups (broad SMARTS) is 1. The smallest absolute Gasteiger partial charge is 0.315 e. The highest BCUT2D eigenvalue weighted by Gasteiger charge is 2.39. The lowest BCUT2D eigenvalue weighted by molar-refractivity contribution is -0.143. The van der Waals surface area contributed by atoms with E-state index in [1.807, 2.05) is 6.92 Å². The zero-order valence-corrected chi connectivity index (χ0v) is 12.6. The third-order valence-corrected chi connectivity index (χ3v) is 5.35. The molecule has 0 aliphatic heterocycles. The molecule has 3 N–H and O–H groups in total. The first kappa shape index (κ1) is 16.7. The minimum absolute atomic E-state index is 0.00116. The summed E-state index contributed by atoms with van der Waals surface area (Å²) in [6.45, 7) is 3.31. The minimum atomic E-state index is -3.23. The Bertz CT molecular complexity index is 565. The molecule has 5 nitrogen and oxygen atoms in total. The zero-order chi connectivity index (χ0) is 15.4. The molecule has 1 rings (SSSR count).